The summed E-state index contributed by atoms with van der Waals surface area (Å²) in [6.07, 6.45) is 4.86. The molecule has 4 heteroatoms. The third-order valence-corrected chi connectivity index (χ3v) is 3.03. The van der Waals surface area contributed by atoms with Crippen molar-refractivity contribution in [2.75, 3.05) is 6.61 Å². The van der Waals surface area contributed by atoms with Crippen LogP contribution in [0.3, 0.4) is 0 Å². The Morgan fingerprint density at radius 2 is 2.24 bits per heavy atom. The maximum absolute atomic E-state index is 11.7. The average molecular weight is 234 g/mol. The quantitative estimate of drug-likeness (QED) is 0.803. The second-order valence-electron chi connectivity index (χ2n) is 4.22. The number of hydrogen-bond donors (Lipinski definition) is 0. The molecular weight excluding hydrogens is 216 g/mol. The summed E-state index contributed by atoms with van der Waals surface area (Å²) in [5.74, 6) is 0.880. The molecule has 0 radical (unpaired) electrons. The first-order valence-corrected chi connectivity index (χ1v) is 6.26. The Morgan fingerprint density at radius 1 is 1.41 bits per heavy atom. The zero-order valence-corrected chi connectivity index (χ0v) is 10.4. The lowest BCUT2D eigenvalue weighted by atomic mass is 9.96. The molecule has 1 atom stereocenters. The summed E-state index contributed by atoms with van der Waals surface area (Å²) in [6, 6.07) is 0. The first-order valence-electron chi connectivity index (χ1n) is 6.26. The molecule has 0 saturated carbocycles. The van der Waals surface area contributed by atoms with Crippen molar-refractivity contribution in [3.8, 4) is 0 Å². The van der Waals surface area contributed by atoms with Crippen molar-refractivity contribution in [2.45, 2.75) is 45.6 Å². The van der Waals surface area contributed by atoms with E-state index in [1.165, 1.54) is 0 Å². The SMILES string of the molecule is CCOC(CC)c1ncc2c(n1)CCCC2=O. The summed E-state index contributed by atoms with van der Waals surface area (Å²) >= 11 is 0. The first-order chi connectivity index (χ1) is 8.26. The van der Waals surface area contributed by atoms with Gasteiger partial charge in [-0.3, -0.25) is 4.79 Å². The molecule has 0 aromatic carbocycles. The minimum Gasteiger partial charge on any atom is -0.371 e. The standard InChI is InChI=1S/C13H18N2O2/c1-3-12(17-4-2)13-14-8-9-10(15-13)6-5-7-11(9)16/h8,12H,3-7H2,1-2H3. The van der Waals surface area contributed by atoms with Crippen molar-refractivity contribution in [2.24, 2.45) is 0 Å². The van der Waals surface area contributed by atoms with E-state index >= 15 is 0 Å². The highest BCUT2D eigenvalue weighted by atomic mass is 16.5. The van der Waals surface area contributed by atoms with E-state index in [1.54, 1.807) is 6.20 Å². The molecule has 1 heterocycles. The van der Waals surface area contributed by atoms with Crippen LogP contribution in [0.2, 0.25) is 0 Å². The number of rotatable bonds is 4. The lowest BCUT2D eigenvalue weighted by Gasteiger charge is -2.17. The molecule has 1 aromatic heterocycles. The number of hydrogen-bond acceptors (Lipinski definition) is 4. The van der Waals surface area contributed by atoms with Gasteiger partial charge >= 0.3 is 0 Å². The van der Waals surface area contributed by atoms with Gasteiger partial charge in [0, 0.05) is 19.2 Å². The van der Waals surface area contributed by atoms with Crippen LogP contribution in [0, 0.1) is 0 Å². The van der Waals surface area contributed by atoms with Crippen molar-refractivity contribution < 1.29 is 9.53 Å². The second-order valence-corrected chi connectivity index (χ2v) is 4.22. The Morgan fingerprint density at radius 3 is 2.94 bits per heavy atom. The van der Waals surface area contributed by atoms with E-state index in [9.17, 15) is 4.79 Å². The fraction of sp³-hybridized carbons (Fsp3) is 0.615. The predicted molar refractivity (Wildman–Crippen MR) is 64.0 cm³/mol. The number of fused-ring (bicyclic) bond motifs is 1. The van der Waals surface area contributed by atoms with E-state index in [-0.39, 0.29) is 11.9 Å². The molecule has 0 fully saturated rings. The van der Waals surface area contributed by atoms with E-state index < -0.39 is 0 Å². The van der Waals surface area contributed by atoms with Gasteiger partial charge in [-0.1, -0.05) is 6.92 Å². The number of carbonyl (C=O) groups is 1. The summed E-state index contributed by atoms with van der Waals surface area (Å²) in [4.78, 5) is 20.4. The highest BCUT2D eigenvalue weighted by Gasteiger charge is 2.21. The molecule has 4 nitrogen and oxygen atoms in total. The molecule has 0 spiro atoms. The van der Waals surface area contributed by atoms with Gasteiger partial charge in [0.05, 0.1) is 11.3 Å². The summed E-state index contributed by atoms with van der Waals surface area (Å²) in [7, 11) is 0. The Bertz CT molecular complexity index is 418. The summed E-state index contributed by atoms with van der Waals surface area (Å²) < 4.78 is 5.59. The van der Waals surface area contributed by atoms with Crippen molar-refractivity contribution >= 4 is 5.78 Å². The van der Waals surface area contributed by atoms with Gasteiger partial charge in [0.25, 0.3) is 0 Å². The Balaban J connectivity index is 2.29. The van der Waals surface area contributed by atoms with E-state index in [1.807, 2.05) is 13.8 Å². The highest BCUT2D eigenvalue weighted by molar-refractivity contribution is 5.97. The number of ether oxygens (including phenoxy) is 1. The van der Waals surface area contributed by atoms with Crippen LogP contribution in [0.1, 0.15) is 61.1 Å². The van der Waals surface area contributed by atoms with Gasteiger partial charge in [-0.2, -0.15) is 0 Å². The Labute approximate surface area is 101 Å². The maximum Gasteiger partial charge on any atom is 0.166 e. The molecule has 1 aliphatic rings. The topological polar surface area (TPSA) is 52.1 Å². The van der Waals surface area contributed by atoms with Gasteiger partial charge in [0.2, 0.25) is 0 Å². The third-order valence-electron chi connectivity index (χ3n) is 3.03. The fourth-order valence-corrected chi connectivity index (χ4v) is 2.14. The third kappa shape index (κ3) is 2.52. The van der Waals surface area contributed by atoms with E-state index in [0.29, 0.717) is 24.4 Å². The largest absolute Gasteiger partial charge is 0.371 e. The van der Waals surface area contributed by atoms with E-state index in [0.717, 1.165) is 25.0 Å². The molecular formula is C13H18N2O2. The number of Topliss-reactive ketones (excluding diaryl/α,β-unsaturated/α-hetero) is 1. The average Bonchev–Trinajstić information content (AvgIpc) is 2.36. The van der Waals surface area contributed by atoms with Gasteiger partial charge < -0.3 is 4.74 Å². The molecule has 0 bridgehead atoms. The normalized spacial score (nSPS) is 16.7. The number of aromatic nitrogens is 2. The van der Waals surface area contributed by atoms with E-state index in [4.69, 9.17) is 4.74 Å². The number of aryl methyl sites for hydroxylation is 1. The van der Waals surface area contributed by atoms with Gasteiger partial charge in [-0.15, -0.1) is 0 Å². The zero-order chi connectivity index (χ0) is 12.3. The van der Waals surface area contributed by atoms with Gasteiger partial charge in [-0.25, -0.2) is 9.97 Å². The highest BCUT2D eigenvalue weighted by Crippen LogP contribution is 2.22. The number of nitrogens with zero attached hydrogens (tertiary/aromatic N) is 2. The van der Waals surface area contributed by atoms with Crippen molar-refractivity contribution in [1.82, 2.24) is 9.97 Å². The summed E-state index contributed by atoms with van der Waals surface area (Å²) in [6.45, 7) is 4.66. The van der Waals surface area contributed by atoms with Crippen LogP contribution in [0.25, 0.3) is 0 Å². The van der Waals surface area contributed by atoms with Crippen molar-refractivity contribution in [3.05, 3.63) is 23.3 Å². The van der Waals surface area contributed by atoms with Crippen LogP contribution in [-0.4, -0.2) is 22.4 Å². The smallest absolute Gasteiger partial charge is 0.166 e. The molecule has 0 saturated heterocycles. The van der Waals surface area contributed by atoms with Crippen LogP contribution >= 0.6 is 0 Å². The molecule has 0 amide bonds. The van der Waals surface area contributed by atoms with Crippen LogP contribution in [-0.2, 0) is 11.2 Å². The minimum absolute atomic E-state index is 0.0534. The molecule has 0 N–H and O–H groups in total. The van der Waals surface area contributed by atoms with Crippen LogP contribution < -0.4 is 0 Å². The van der Waals surface area contributed by atoms with Gasteiger partial charge in [0.15, 0.2) is 11.6 Å². The van der Waals surface area contributed by atoms with Crippen molar-refractivity contribution in [1.29, 1.82) is 0 Å². The predicted octanol–water partition coefficient (Wildman–Crippen LogP) is 2.48. The molecule has 1 aliphatic carbocycles. The Kier molecular flexibility index (Phi) is 3.84. The maximum atomic E-state index is 11.7. The van der Waals surface area contributed by atoms with Crippen LogP contribution in [0.15, 0.2) is 6.20 Å². The van der Waals surface area contributed by atoms with Gasteiger partial charge in [0.1, 0.15) is 6.10 Å². The lowest BCUT2D eigenvalue weighted by molar-refractivity contribution is 0.0531. The summed E-state index contributed by atoms with van der Waals surface area (Å²) in [5.41, 5.74) is 1.59. The summed E-state index contributed by atoms with van der Waals surface area (Å²) in [5, 5.41) is 0. The minimum atomic E-state index is -0.0534. The molecule has 2 rings (SSSR count). The first kappa shape index (κ1) is 12.2. The molecule has 0 aliphatic heterocycles. The molecule has 92 valence electrons. The van der Waals surface area contributed by atoms with Gasteiger partial charge in [-0.05, 0) is 26.2 Å². The Hall–Kier alpha value is -1.29. The van der Waals surface area contributed by atoms with Crippen LogP contribution in [0.4, 0.5) is 0 Å². The zero-order valence-electron chi connectivity index (χ0n) is 10.4. The fourth-order valence-electron chi connectivity index (χ4n) is 2.14. The van der Waals surface area contributed by atoms with Crippen molar-refractivity contribution in [3.63, 3.8) is 0 Å². The van der Waals surface area contributed by atoms with Crippen LogP contribution in [0.5, 0.6) is 0 Å². The monoisotopic (exact) mass is 234 g/mol. The van der Waals surface area contributed by atoms with E-state index in [2.05, 4.69) is 9.97 Å². The number of ketones is 1. The molecule has 1 unspecified atom stereocenters. The second kappa shape index (κ2) is 5.36. The number of carbonyl (C=O) groups excluding carboxylic acids is 1. The molecule has 1 aromatic rings. The lowest BCUT2D eigenvalue weighted by Crippen LogP contribution is -2.17. The molecule has 17 heavy (non-hydrogen) atoms.